The summed E-state index contributed by atoms with van der Waals surface area (Å²) in [5, 5.41) is 0. The van der Waals surface area contributed by atoms with Crippen molar-refractivity contribution in [3.8, 4) is 0 Å². The van der Waals surface area contributed by atoms with E-state index in [-0.39, 0.29) is 11.8 Å². The maximum atomic E-state index is 12.0. The first-order chi connectivity index (χ1) is 8.58. The fourth-order valence-corrected chi connectivity index (χ4v) is 2.49. The maximum Gasteiger partial charge on any atom is 0.225 e. The highest BCUT2D eigenvalue weighted by atomic mass is 16.2. The highest BCUT2D eigenvalue weighted by Gasteiger charge is 2.26. The maximum absolute atomic E-state index is 12.0. The molecule has 1 fully saturated rings. The highest BCUT2D eigenvalue weighted by Crippen LogP contribution is 2.26. The van der Waals surface area contributed by atoms with Gasteiger partial charge in [0, 0.05) is 36.8 Å². The Bertz CT molecular complexity index is 431. The number of amides is 1. The molecule has 0 radical (unpaired) electrons. The Labute approximate surface area is 108 Å². The molecule has 0 aliphatic carbocycles. The molecule has 0 bridgehead atoms. The number of rotatable bonds is 2. The molecule has 2 heterocycles. The largest absolute Gasteiger partial charge is 0.342 e. The first-order valence-electron chi connectivity index (χ1n) is 6.66. The summed E-state index contributed by atoms with van der Waals surface area (Å²) in [5.74, 6) is 1.50. The van der Waals surface area contributed by atoms with E-state index >= 15 is 0 Å². The van der Waals surface area contributed by atoms with E-state index in [4.69, 9.17) is 0 Å². The summed E-state index contributed by atoms with van der Waals surface area (Å²) in [5.41, 5.74) is 1.07. The van der Waals surface area contributed by atoms with Crippen LogP contribution < -0.4 is 0 Å². The van der Waals surface area contributed by atoms with Crippen LogP contribution in [0.5, 0.6) is 0 Å². The molecule has 4 heteroatoms. The summed E-state index contributed by atoms with van der Waals surface area (Å²) < 4.78 is 0. The van der Waals surface area contributed by atoms with E-state index in [0.29, 0.717) is 5.92 Å². The van der Waals surface area contributed by atoms with Crippen molar-refractivity contribution in [3.63, 3.8) is 0 Å². The lowest BCUT2D eigenvalue weighted by molar-refractivity contribution is -0.135. The van der Waals surface area contributed by atoms with Gasteiger partial charge in [-0.3, -0.25) is 4.79 Å². The standard InChI is InChI=1S/C14H21N3O/c1-10(2)14(18)17-8-4-5-12(9-17)13-6-7-15-11(3)16-13/h6-7,10,12H,4-5,8-9H2,1-3H3. The number of aryl methyl sites for hydroxylation is 1. The van der Waals surface area contributed by atoms with Crippen LogP contribution in [0.2, 0.25) is 0 Å². The molecular weight excluding hydrogens is 226 g/mol. The van der Waals surface area contributed by atoms with E-state index in [1.807, 2.05) is 31.7 Å². The lowest BCUT2D eigenvalue weighted by atomic mass is 9.94. The predicted octanol–water partition coefficient (Wildman–Crippen LogP) is 2.15. The minimum Gasteiger partial charge on any atom is -0.342 e. The third-order valence-corrected chi connectivity index (χ3v) is 3.44. The third kappa shape index (κ3) is 2.86. The van der Waals surface area contributed by atoms with Crippen LogP contribution in [0.15, 0.2) is 12.3 Å². The predicted molar refractivity (Wildman–Crippen MR) is 70.2 cm³/mol. The average Bonchev–Trinajstić information content (AvgIpc) is 2.38. The van der Waals surface area contributed by atoms with Crippen LogP contribution in [0.25, 0.3) is 0 Å². The van der Waals surface area contributed by atoms with Crippen LogP contribution in [-0.2, 0) is 4.79 Å². The van der Waals surface area contributed by atoms with Crippen LogP contribution in [0.4, 0.5) is 0 Å². The molecule has 1 aromatic heterocycles. The van der Waals surface area contributed by atoms with Crippen LogP contribution in [-0.4, -0.2) is 33.9 Å². The Morgan fingerprint density at radius 3 is 2.94 bits per heavy atom. The van der Waals surface area contributed by atoms with Gasteiger partial charge in [-0.1, -0.05) is 13.8 Å². The van der Waals surface area contributed by atoms with E-state index in [0.717, 1.165) is 37.4 Å². The molecule has 2 rings (SSSR count). The SMILES string of the molecule is Cc1nccc(C2CCCN(C(=O)C(C)C)C2)n1. The Morgan fingerprint density at radius 2 is 2.28 bits per heavy atom. The molecule has 1 unspecified atom stereocenters. The summed E-state index contributed by atoms with van der Waals surface area (Å²) in [6, 6.07) is 1.97. The van der Waals surface area contributed by atoms with Crippen LogP contribution in [0.1, 0.15) is 44.1 Å². The van der Waals surface area contributed by atoms with E-state index < -0.39 is 0 Å². The van der Waals surface area contributed by atoms with Crippen molar-refractivity contribution < 1.29 is 4.79 Å². The first kappa shape index (κ1) is 13.0. The molecular formula is C14H21N3O. The molecule has 98 valence electrons. The summed E-state index contributed by atoms with van der Waals surface area (Å²) in [4.78, 5) is 22.6. The second-order valence-electron chi connectivity index (χ2n) is 5.31. The normalized spacial score (nSPS) is 20.2. The van der Waals surface area contributed by atoms with Crippen molar-refractivity contribution in [1.29, 1.82) is 0 Å². The second kappa shape index (κ2) is 5.46. The molecule has 0 saturated carbocycles. The Morgan fingerprint density at radius 1 is 1.50 bits per heavy atom. The van der Waals surface area contributed by atoms with Gasteiger partial charge in [-0.2, -0.15) is 0 Å². The summed E-state index contributed by atoms with van der Waals surface area (Å²) in [6.07, 6.45) is 3.98. The van der Waals surface area contributed by atoms with Crippen molar-refractivity contribution in [2.75, 3.05) is 13.1 Å². The van der Waals surface area contributed by atoms with Crippen LogP contribution in [0.3, 0.4) is 0 Å². The van der Waals surface area contributed by atoms with Crippen molar-refractivity contribution in [2.24, 2.45) is 5.92 Å². The number of hydrogen-bond donors (Lipinski definition) is 0. The summed E-state index contributed by atoms with van der Waals surface area (Å²) in [7, 11) is 0. The molecule has 1 aliphatic rings. The Hall–Kier alpha value is -1.45. The first-order valence-corrected chi connectivity index (χ1v) is 6.66. The zero-order chi connectivity index (χ0) is 13.1. The minimum atomic E-state index is 0.0795. The zero-order valence-corrected chi connectivity index (χ0v) is 11.4. The van der Waals surface area contributed by atoms with Crippen LogP contribution >= 0.6 is 0 Å². The minimum absolute atomic E-state index is 0.0795. The molecule has 0 spiro atoms. The number of aromatic nitrogens is 2. The molecule has 0 N–H and O–H groups in total. The third-order valence-electron chi connectivity index (χ3n) is 3.44. The lowest BCUT2D eigenvalue weighted by Crippen LogP contribution is -2.41. The van der Waals surface area contributed by atoms with Gasteiger partial charge in [-0.05, 0) is 25.8 Å². The quantitative estimate of drug-likeness (QED) is 0.804. The molecule has 4 nitrogen and oxygen atoms in total. The molecule has 0 aromatic carbocycles. The topological polar surface area (TPSA) is 46.1 Å². The fourth-order valence-electron chi connectivity index (χ4n) is 2.49. The number of hydrogen-bond acceptors (Lipinski definition) is 3. The molecule has 18 heavy (non-hydrogen) atoms. The second-order valence-corrected chi connectivity index (χ2v) is 5.31. The van der Waals surface area contributed by atoms with Gasteiger partial charge in [-0.25, -0.2) is 9.97 Å². The smallest absolute Gasteiger partial charge is 0.225 e. The van der Waals surface area contributed by atoms with E-state index in [1.165, 1.54) is 0 Å². The highest BCUT2D eigenvalue weighted by molar-refractivity contribution is 5.78. The van der Waals surface area contributed by atoms with Gasteiger partial charge >= 0.3 is 0 Å². The lowest BCUT2D eigenvalue weighted by Gasteiger charge is -2.33. The van der Waals surface area contributed by atoms with Gasteiger partial charge in [0.25, 0.3) is 0 Å². The number of carbonyl (C=O) groups is 1. The van der Waals surface area contributed by atoms with Crippen molar-refractivity contribution in [3.05, 3.63) is 23.8 Å². The molecule has 1 amide bonds. The van der Waals surface area contributed by atoms with E-state index in [2.05, 4.69) is 9.97 Å². The molecule has 1 aliphatic heterocycles. The monoisotopic (exact) mass is 247 g/mol. The van der Waals surface area contributed by atoms with Gasteiger partial charge in [0.15, 0.2) is 0 Å². The number of carbonyl (C=O) groups excluding carboxylic acids is 1. The van der Waals surface area contributed by atoms with E-state index in [9.17, 15) is 4.79 Å². The Balaban J connectivity index is 2.09. The Kier molecular flexibility index (Phi) is 3.94. The zero-order valence-electron chi connectivity index (χ0n) is 11.4. The summed E-state index contributed by atoms with van der Waals surface area (Å²) >= 11 is 0. The molecule has 1 saturated heterocycles. The van der Waals surface area contributed by atoms with Gasteiger partial charge in [0.05, 0.1) is 0 Å². The van der Waals surface area contributed by atoms with Crippen molar-refractivity contribution >= 4 is 5.91 Å². The number of nitrogens with zero attached hydrogens (tertiary/aromatic N) is 3. The van der Waals surface area contributed by atoms with Crippen molar-refractivity contribution in [2.45, 2.75) is 39.5 Å². The average molecular weight is 247 g/mol. The van der Waals surface area contributed by atoms with Gasteiger partial charge in [-0.15, -0.1) is 0 Å². The number of likely N-dealkylation sites (tertiary alicyclic amines) is 1. The summed E-state index contributed by atoms with van der Waals surface area (Å²) in [6.45, 7) is 7.51. The van der Waals surface area contributed by atoms with E-state index in [1.54, 1.807) is 6.20 Å². The molecule has 1 aromatic rings. The van der Waals surface area contributed by atoms with Crippen LogP contribution in [0, 0.1) is 12.8 Å². The van der Waals surface area contributed by atoms with Gasteiger partial charge in [0.2, 0.25) is 5.91 Å². The van der Waals surface area contributed by atoms with Gasteiger partial charge in [0.1, 0.15) is 5.82 Å². The van der Waals surface area contributed by atoms with Gasteiger partial charge < -0.3 is 4.90 Å². The molecule has 1 atom stereocenters. The number of piperidine rings is 1. The fraction of sp³-hybridized carbons (Fsp3) is 0.643. The van der Waals surface area contributed by atoms with Crippen molar-refractivity contribution in [1.82, 2.24) is 14.9 Å².